The molecular weight excluding hydrogens is 420 g/mol. The van der Waals surface area contributed by atoms with Crippen LogP contribution in [0.2, 0.25) is 0 Å². The predicted molar refractivity (Wildman–Crippen MR) is 110 cm³/mol. The standard InChI is InChI=1S/C18H20N4O4S.ClHO/c19-27(24,25)15-6-4-14(5-7-15)22-10-8-21(9-11-22)12-13-2-1-3-16-17(13)20-18(23)26-16;1-2/h1-7H,8-12H2,(H,20,23)(H2,19,24,25);2H. The average molecular weight is 441 g/mol. The molecule has 2 aromatic carbocycles. The van der Waals surface area contributed by atoms with Crippen molar-refractivity contribution >= 4 is 38.7 Å². The first kappa shape index (κ1) is 21.3. The van der Waals surface area contributed by atoms with Crippen molar-refractivity contribution in [3.63, 3.8) is 0 Å². The van der Waals surface area contributed by atoms with Crippen LogP contribution in [0.25, 0.3) is 11.1 Å². The van der Waals surface area contributed by atoms with Gasteiger partial charge in [0.25, 0.3) is 0 Å². The number of fused-ring (bicyclic) bond motifs is 1. The Bertz CT molecular complexity index is 1120. The highest BCUT2D eigenvalue weighted by Gasteiger charge is 2.19. The number of halogens is 1. The van der Waals surface area contributed by atoms with Crippen LogP contribution in [-0.2, 0) is 16.6 Å². The van der Waals surface area contributed by atoms with E-state index in [2.05, 4.69) is 26.6 Å². The first-order valence-electron chi connectivity index (χ1n) is 8.78. The van der Waals surface area contributed by atoms with E-state index in [0.29, 0.717) is 5.58 Å². The van der Waals surface area contributed by atoms with E-state index in [1.54, 1.807) is 18.2 Å². The smallest absolute Gasteiger partial charge is 0.408 e. The molecular formula is C18H21ClN4O5S. The molecule has 0 aliphatic carbocycles. The van der Waals surface area contributed by atoms with E-state index in [4.69, 9.17) is 14.2 Å². The van der Waals surface area contributed by atoms with Gasteiger partial charge in [-0.15, -0.1) is 0 Å². The number of piperazine rings is 1. The summed E-state index contributed by atoms with van der Waals surface area (Å²) in [5.74, 6) is -0.440. The molecule has 156 valence electrons. The largest absolute Gasteiger partial charge is 0.417 e. The number of primary sulfonamides is 1. The molecule has 1 fully saturated rings. The SMILES string of the molecule is NS(=O)(=O)c1ccc(N2CCN(Cc3cccc4oc(=O)[nH]c34)CC2)cc1.OCl. The van der Waals surface area contributed by atoms with Gasteiger partial charge in [0.05, 0.1) is 22.3 Å². The quantitative estimate of drug-likeness (QED) is 0.555. The second kappa shape index (κ2) is 8.97. The predicted octanol–water partition coefficient (Wildman–Crippen LogP) is 1.22. The number of oxazole rings is 1. The number of nitrogens with two attached hydrogens (primary N) is 1. The van der Waals surface area contributed by atoms with Crippen LogP contribution in [0.15, 0.2) is 56.6 Å². The zero-order chi connectivity index (χ0) is 21.0. The second-order valence-corrected chi connectivity index (χ2v) is 8.17. The molecule has 0 bridgehead atoms. The molecule has 4 N–H and O–H groups in total. The number of benzene rings is 2. The minimum absolute atomic E-state index is 0.118. The summed E-state index contributed by atoms with van der Waals surface area (Å²) in [5, 5.41) is 5.14. The van der Waals surface area contributed by atoms with Crippen molar-refractivity contribution < 1.29 is 17.5 Å². The van der Waals surface area contributed by atoms with Gasteiger partial charge >= 0.3 is 5.76 Å². The first-order valence-corrected chi connectivity index (χ1v) is 10.7. The number of sulfonamides is 1. The summed E-state index contributed by atoms with van der Waals surface area (Å²) in [4.78, 5) is 18.8. The molecule has 9 nitrogen and oxygen atoms in total. The van der Waals surface area contributed by atoms with Gasteiger partial charge in [0.2, 0.25) is 10.0 Å². The Kier molecular flexibility index (Phi) is 6.60. The number of rotatable bonds is 4. The van der Waals surface area contributed by atoms with Crippen LogP contribution in [0.1, 0.15) is 5.56 Å². The monoisotopic (exact) mass is 440 g/mol. The lowest BCUT2D eigenvalue weighted by Gasteiger charge is -2.36. The summed E-state index contributed by atoms with van der Waals surface area (Å²) in [6.45, 7) is 4.09. The van der Waals surface area contributed by atoms with Crippen molar-refractivity contribution in [2.24, 2.45) is 5.14 Å². The maximum atomic E-state index is 11.4. The van der Waals surface area contributed by atoms with Gasteiger partial charge in [0, 0.05) is 38.4 Å². The van der Waals surface area contributed by atoms with Crippen molar-refractivity contribution in [2.75, 3.05) is 31.1 Å². The van der Waals surface area contributed by atoms with E-state index in [1.807, 2.05) is 12.1 Å². The third-order valence-corrected chi connectivity index (χ3v) is 5.77. The van der Waals surface area contributed by atoms with Gasteiger partial charge < -0.3 is 9.32 Å². The number of anilines is 1. The lowest BCUT2D eigenvalue weighted by molar-refractivity contribution is 0.250. The molecule has 0 atom stereocenters. The molecule has 11 heteroatoms. The van der Waals surface area contributed by atoms with E-state index in [9.17, 15) is 13.2 Å². The molecule has 4 rings (SSSR count). The number of H-pyrrole nitrogens is 1. The molecule has 3 aromatic rings. The number of aromatic amines is 1. The zero-order valence-electron chi connectivity index (χ0n) is 15.4. The van der Waals surface area contributed by atoms with E-state index in [-0.39, 0.29) is 4.90 Å². The van der Waals surface area contributed by atoms with Gasteiger partial charge in [-0.05, 0) is 35.9 Å². The van der Waals surface area contributed by atoms with Gasteiger partial charge in [-0.3, -0.25) is 14.5 Å². The Hall–Kier alpha value is -2.37. The van der Waals surface area contributed by atoms with Crippen molar-refractivity contribution in [3.8, 4) is 0 Å². The maximum Gasteiger partial charge on any atom is 0.417 e. The fourth-order valence-electron chi connectivity index (χ4n) is 3.41. The first-order chi connectivity index (χ1) is 13.9. The van der Waals surface area contributed by atoms with Crippen LogP contribution in [0.4, 0.5) is 5.69 Å². The van der Waals surface area contributed by atoms with Gasteiger partial charge in [-0.2, -0.15) is 0 Å². The lowest BCUT2D eigenvalue weighted by atomic mass is 10.1. The molecule has 1 aliphatic rings. The minimum Gasteiger partial charge on any atom is -0.408 e. The van der Waals surface area contributed by atoms with Crippen molar-refractivity contribution in [1.82, 2.24) is 9.88 Å². The van der Waals surface area contributed by atoms with E-state index in [1.165, 1.54) is 12.1 Å². The number of nitrogens with one attached hydrogen (secondary N) is 1. The Labute approximate surface area is 172 Å². The number of aromatic nitrogens is 1. The average Bonchev–Trinajstić information content (AvgIpc) is 3.11. The molecule has 29 heavy (non-hydrogen) atoms. The fourth-order valence-corrected chi connectivity index (χ4v) is 3.93. The Morgan fingerprint density at radius 1 is 1.07 bits per heavy atom. The third-order valence-electron chi connectivity index (χ3n) is 4.84. The summed E-state index contributed by atoms with van der Waals surface area (Å²) in [5.41, 5.74) is 3.34. The summed E-state index contributed by atoms with van der Waals surface area (Å²) in [6, 6.07) is 12.3. The van der Waals surface area contributed by atoms with E-state index >= 15 is 0 Å². The topological polar surface area (TPSA) is 133 Å². The highest BCUT2D eigenvalue weighted by molar-refractivity contribution is 7.89. The van der Waals surface area contributed by atoms with Gasteiger partial charge in [0.1, 0.15) is 0 Å². The zero-order valence-corrected chi connectivity index (χ0v) is 17.0. The van der Waals surface area contributed by atoms with Crippen LogP contribution < -0.4 is 15.8 Å². The Morgan fingerprint density at radius 2 is 1.72 bits per heavy atom. The minimum atomic E-state index is -3.67. The van der Waals surface area contributed by atoms with Crippen LogP contribution >= 0.6 is 11.9 Å². The van der Waals surface area contributed by atoms with Gasteiger partial charge in [-0.1, -0.05) is 12.1 Å². The number of hydrogen-bond acceptors (Lipinski definition) is 7. The molecule has 0 spiro atoms. The van der Waals surface area contributed by atoms with Gasteiger partial charge in [-0.25, -0.2) is 18.4 Å². The highest BCUT2D eigenvalue weighted by atomic mass is 35.5. The van der Waals surface area contributed by atoms with Crippen molar-refractivity contribution in [2.45, 2.75) is 11.4 Å². The molecule has 1 saturated heterocycles. The molecule has 1 aliphatic heterocycles. The lowest BCUT2D eigenvalue weighted by Crippen LogP contribution is -2.46. The molecule has 1 aromatic heterocycles. The number of hydrogen-bond donors (Lipinski definition) is 3. The maximum absolute atomic E-state index is 11.4. The normalized spacial score (nSPS) is 15.2. The van der Waals surface area contributed by atoms with Crippen LogP contribution in [0.5, 0.6) is 0 Å². The number of nitrogens with zero attached hydrogens (tertiary/aromatic N) is 2. The summed E-state index contributed by atoms with van der Waals surface area (Å²) >= 11 is 3.64. The molecule has 2 heterocycles. The van der Waals surface area contributed by atoms with Crippen LogP contribution in [0.3, 0.4) is 0 Å². The molecule has 0 saturated carbocycles. The van der Waals surface area contributed by atoms with Gasteiger partial charge in [0.15, 0.2) is 5.58 Å². The third kappa shape index (κ3) is 4.98. The molecule has 0 radical (unpaired) electrons. The Morgan fingerprint density at radius 3 is 2.34 bits per heavy atom. The van der Waals surface area contributed by atoms with Crippen molar-refractivity contribution in [3.05, 3.63) is 58.6 Å². The van der Waals surface area contributed by atoms with E-state index in [0.717, 1.165) is 49.5 Å². The number of para-hydroxylation sites is 1. The molecule has 0 unspecified atom stereocenters. The second-order valence-electron chi connectivity index (χ2n) is 6.61. The molecule has 0 amide bonds. The van der Waals surface area contributed by atoms with Crippen LogP contribution in [-0.4, -0.2) is 49.1 Å². The van der Waals surface area contributed by atoms with E-state index < -0.39 is 15.8 Å². The fraction of sp³-hybridized carbons (Fsp3) is 0.278. The summed E-state index contributed by atoms with van der Waals surface area (Å²) in [6.07, 6.45) is 0. The Balaban J connectivity index is 0.00000117. The summed E-state index contributed by atoms with van der Waals surface area (Å²) in [7, 11) is -3.67. The summed E-state index contributed by atoms with van der Waals surface area (Å²) < 4.78 is 34.3. The van der Waals surface area contributed by atoms with Crippen LogP contribution in [0, 0.1) is 0 Å². The van der Waals surface area contributed by atoms with Crippen molar-refractivity contribution in [1.29, 1.82) is 0 Å². The highest BCUT2D eigenvalue weighted by Crippen LogP contribution is 2.21.